The van der Waals surface area contributed by atoms with Crippen molar-refractivity contribution in [3.63, 3.8) is 0 Å². The molecule has 0 radical (unpaired) electrons. The normalized spacial score (nSPS) is 10.8. The third-order valence-electron chi connectivity index (χ3n) is 4.52. The molecule has 1 aromatic heterocycles. The van der Waals surface area contributed by atoms with Gasteiger partial charge in [-0.15, -0.1) is 10.2 Å². The molecule has 30 heavy (non-hydrogen) atoms. The van der Waals surface area contributed by atoms with Crippen LogP contribution in [-0.4, -0.2) is 29.1 Å². The van der Waals surface area contributed by atoms with E-state index in [0.29, 0.717) is 28.3 Å². The predicted octanol–water partition coefficient (Wildman–Crippen LogP) is 3.53. The Morgan fingerprint density at radius 1 is 1.07 bits per heavy atom. The second kappa shape index (κ2) is 9.53. The highest BCUT2D eigenvalue weighted by molar-refractivity contribution is 7.98. The van der Waals surface area contributed by atoms with Gasteiger partial charge in [0.05, 0.1) is 14.2 Å². The Kier molecular flexibility index (Phi) is 6.83. The smallest absolute Gasteiger partial charge is 0.315 e. The van der Waals surface area contributed by atoms with Gasteiger partial charge in [-0.05, 0) is 41.3 Å². The van der Waals surface area contributed by atoms with Gasteiger partial charge < -0.3 is 20.6 Å². The van der Waals surface area contributed by atoms with Crippen molar-refractivity contribution >= 4 is 23.3 Å². The number of methoxy groups -OCH3 is 2. The first-order valence-electron chi connectivity index (χ1n) is 9.38. The molecular formula is C21H25N5O3S. The Morgan fingerprint density at radius 3 is 2.40 bits per heavy atom. The van der Waals surface area contributed by atoms with Crippen LogP contribution in [0.5, 0.6) is 11.5 Å². The van der Waals surface area contributed by atoms with Gasteiger partial charge >= 0.3 is 5.56 Å². The molecule has 2 aromatic carbocycles. The molecule has 3 N–H and O–H groups in total. The van der Waals surface area contributed by atoms with Crippen LogP contribution in [0.3, 0.4) is 0 Å². The molecule has 0 saturated heterocycles. The zero-order valence-corrected chi connectivity index (χ0v) is 18.2. The largest absolute Gasteiger partial charge is 0.493 e. The maximum atomic E-state index is 12.6. The van der Waals surface area contributed by atoms with Gasteiger partial charge in [0.15, 0.2) is 11.5 Å². The number of benzene rings is 2. The van der Waals surface area contributed by atoms with E-state index in [1.165, 1.54) is 17.3 Å². The molecule has 9 heteroatoms. The number of thioether (sulfide) groups is 1. The third kappa shape index (κ3) is 4.85. The Hall–Kier alpha value is -3.20. The molecule has 0 fully saturated rings. The number of hydrogen-bond acceptors (Lipinski definition) is 8. The lowest BCUT2D eigenvalue weighted by Gasteiger charge is -2.11. The van der Waals surface area contributed by atoms with Crippen LogP contribution in [0, 0.1) is 0 Å². The van der Waals surface area contributed by atoms with Crippen LogP contribution in [-0.2, 0) is 5.75 Å². The number of nitrogens with zero attached hydrogens (tertiary/aromatic N) is 3. The number of aromatic nitrogens is 3. The summed E-state index contributed by atoms with van der Waals surface area (Å²) in [5, 5.41) is 11.4. The average molecular weight is 428 g/mol. The predicted molar refractivity (Wildman–Crippen MR) is 119 cm³/mol. The molecule has 3 aromatic rings. The number of nitrogens with two attached hydrogens (primary N) is 1. The summed E-state index contributed by atoms with van der Waals surface area (Å²) in [6.07, 6.45) is 0. The SMILES string of the molecule is COc1ccc(CSc2nnc(Nc3ccc(C(C)C)cc3)c(=O)n2N)cc1OC. The number of ether oxygens (including phenoxy) is 2. The summed E-state index contributed by atoms with van der Waals surface area (Å²) < 4.78 is 11.6. The first kappa shape index (κ1) is 21.5. The topological polar surface area (TPSA) is 104 Å². The number of hydrogen-bond donors (Lipinski definition) is 2. The lowest BCUT2D eigenvalue weighted by Crippen LogP contribution is -2.32. The second-order valence-corrected chi connectivity index (χ2v) is 7.83. The van der Waals surface area contributed by atoms with Gasteiger partial charge in [0.2, 0.25) is 11.0 Å². The molecule has 3 rings (SSSR count). The lowest BCUT2D eigenvalue weighted by molar-refractivity contribution is 0.354. The molecule has 0 unspecified atom stereocenters. The number of rotatable bonds is 8. The average Bonchev–Trinajstić information content (AvgIpc) is 2.76. The highest BCUT2D eigenvalue weighted by Gasteiger charge is 2.12. The summed E-state index contributed by atoms with van der Waals surface area (Å²) in [6.45, 7) is 4.25. The molecule has 0 saturated carbocycles. The fourth-order valence-corrected chi connectivity index (χ4v) is 3.56. The Labute approximate surface area is 179 Å². The number of nitrogen functional groups attached to an aromatic ring is 1. The zero-order chi connectivity index (χ0) is 21.7. The van der Waals surface area contributed by atoms with Crippen molar-refractivity contribution < 1.29 is 9.47 Å². The van der Waals surface area contributed by atoms with E-state index in [0.717, 1.165) is 15.9 Å². The fraction of sp³-hybridized carbons (Fsp3) is 0.286. The van der Waals surface area contributed by atoms with Crippen LogP contribution < -0.4 is 26.2 Å². The summed E-state index contributed by atoms with van der Waals surface area (Å²) in [5.74, 6) is 8.29. The van der Waals surface area contributed by atoms with Gasteiger partial charge in [0.25, 0.3) is 0 Å². The molecule has 0 amide bonds. The van der Waals surface area contributed by atoms with Crippen molar-refractivity contribution in [2.45, 2.75) is 30.7 Å². The Balaban J connectivity index is 1.72. The minimum atomic E-state index is -0.451. The van der Waals surface area contributed by atoms with Crippen LogP contribution in [0.25, 0.3) is 0 Å². The van der Waals surface area contributed by atoms with Gasteiger partial charge in [-0.25, -0.2) is 0 Å². The van der Waals surface area contributed by atoms with Crippen LogP contribution in [0.1, 0.15) is 30.9 Å². The van der Waals surface area contributed by atoms with Gasteiger partial charge in [-0.3, -0.25) is 4.79 Å². The molecule has 158 valence electrons. The molecule has 0 bridgehead atoms. The Bertz CT molecular complexity index is 1070. The van der Waals surface area contributed by atoms with Crippen LogP contribution >= 0.6 is 11.8 Å². The summed E-state index contributed by atoms with van der Waals surface area (Å²) in [7, 11) is 3.17. The van der Waals surface area contributed by atoms with E-state index in [1.807, 2.05) is 42.5 Å². The van der Waals surface area contributed by atoms with Crippen LogP contribution in [0.4, 0.5) is 11.5 Å². The first-order chi connectivity index (χ1) is 14.4. The first-order valence-corrected chi connectivity index (χ1v) is 10.4. The molecule has 0 aliphatic carbocycles. The van der Waals surface area contributed by atoms with Crippen molar-refractivity contribution in [1.29, 1.82) is 0 Å². The van der Waals surface area contributed by atoms with E-state index in [2.05, 4.69) is 29.4 Å². The molecule has 0 atom stereocenters. The minimum Gasteiger partial charge on any atom is -0.493 e. The van der Waals surface area contributed by atoms with E-state index >= 15 is 0 Å². The molecule has 0 aliphatic rings. The number of anilines is 2. The highest BCUT2D eigenvalue weighted by Crippen LogP contribution is 2.30. The molecule has 1 heterocycles. The van der Waals surface area contributed by atoms with Crippen molar-refractivity contribution in [1.82, 2.24) is 14.9 Å². The monoisotopic (exact) mass is 427 g/mol. The second-order valence-electron chi connectivity index (χ2n) is 6.89. The highest BCUT2D eigenvalue weighted by atomic mass is 32.2. The van der Waals surface area contributed by atoms with Gasteiger partial charge in [0.1, 0.15) is 0 Å². The molecule has 8 nitrogen and oxygen atoms in total. The standard InChI is InChI=1S/C21H25N5O3S/c1-13(2)15-6-8-16(9-7-15)23-19-20(27)26(22)21(25-24-19)30-12-14-5-10-17(28-3)18(11-14)29-4/h5-11,13H,12,22H2,1-4H3,(H,23,24). The van der Waals surface area contributed by atoms with Crippen molar-refractivity contribution in [2.75, 3.05) is 25.4 Å². The van der Waals surface area contributed by atoms with Gasteiger partial charge in [-0.2, -0.15) is 4.68 Å². The van der Waals surface area contributed by atoms with Crippen LogP contribution in [0.2, 0.25) is 0 Å². The summed E-state index contributed by atoms with van der Waals surface area (Å²) in [5.41, 5.74) is 2.48. The van der Waals surface area contributed by atoms with E-state index in [-0.39, 0.29) is 5.82 Å². The van der Waals surface area contributed by atoms with E-state index in [9.17, 15) is 4.79 Å². The molecule has 0 spiro atoms. The third-order valence-corrected chi connectivity index (χ3v) is 5.53. The maximum Gasteiger partial charge on any atom is 0.315 e. The zero-order valence-electron chi connectivity index (χ0n) is 17.4. The number of nitrogens with one attached hydrogen (secondary N) is 1. The minimum absolute atomic E-state index is 0.0743. The summed E-state index contributed by atoms with van der Waals surface area (Å²) in [6, 6.07) is 13.4. The molecule has 0 aliphatic heterocycles. The van der Waals surface area contributed by atoms with Crippen LogP contribution in [0.15, 0.2) is 52.4 Å². The van der Waals surface area contributed by atoms with Crippen molar-refractivity contribution in [3.8, 4) is 11.5 Å². The van der Waals surface area contributed by atoms with Crippen molar-refractivity contribution in [3.05, 3.63) is 63.9 Å². The van der Waals surface area contributed by atoms with E-state index < -0.39 is 5.56 Å². The Morgan fingerprint density at radius 2 is 1.77 bits per heavy atom. The summed E-state index contributed by atoms with van der Waals surface area (Å²) >= 11 is 1.31. The quantitative estimate of drug-likeness (QED) is 0.416. The lowest BCUT2D eigenvalue weighted by atomic mass is 10.0. The van der Waals surface area contributed by atoms with Gasteiger partial charge in [0, 0.05) is 11.4 Å². The van der Waals surface area contributed by atoms with Gasteiger partial charge in [-0.1, -0.05) is 43.8 Å². The maximum absolute atomic E-state index is 12.6. The molecular weight excluding hydrogens is 402 g/mol. The van der Waals surface area contributed by atoms with E-state index in [4.69, 9.17) is 15.3 Å². The van der Waals surface area contributed by atoms with E-state index in [1.54, 1.807) is 14.2 Å². The summed E-state index contributed by atoms with van der Waals surface area (Å²) in [4.78, 5) is 12.6. The van der Waals surface area contributed by atoms with Crippen molar-refractivity contribution in [2.24, 2.45) is 0 Å². The fourth-order valence-electron chi connectivity index (χ4n) is 2.77.